The maximum atomic E-state index is 11.8. The zero-order chi connectivity index (χ0) is 13.8. The summed E-state index contributed by atoms with van der Waals surface area (Å²) in [4.78, 5) is 16.3. The van der Waals surface area contributed by atoms with Crippen LogP contribution in [0.25, 0.3) is 6.15 Å². The average Bonchev–Trinajstić information content (AvgIpc) is 2.43. The van der Waals surface area contributed by atoms with Gasteiger partial charge < -0.3 is 25.4 Å². The van der Waals surface area contributed by atoms with Gasteiger partial charge in [-0.05, 0) is 19.4 Å². The van der Waals surface area contributed by atoms with E-state index in [1.807, 2.05) is 11.0 Å². The summed E-state index contributed by atoms with van der Waals surface area (Å²) in [6, 6.07) is 11.2. The van der Waals surface area contributed by atoms with Crippen LogP contribution >= 0.6 is 0 Å². The van der Waals surface area contributed by atoms with Crippen molar-refractivity contribution in [2.24, 2.45) is 0 Å². The van der Waals surface area contributed by atoms with Crippen molar-refractivity contribution in [1.82, 2.24) is 9.80 Å². The van der Waals surface area contributed by atoms with E-state index in [1.54, 1.807) is 0 Å². The Kier molecular flexibility index (Phi) is 12.3. The fourth-order valence-corrected chi connectivity index (χ4v) is 2.73. The number of rotatable bonds is 3. The largest absolute Gasteiger partial charge is 3.00 e. The van der Waals surface area contributed by atoms with Gasteiger partial charge in [-0.25, -0.2) is 0 Å². The topological polar surface area (TPSA) is 57.1 Å². The summed E-state index contributed by atoms with van der Waals surface area (Å²) in [7, 11) is 0. The monoisotopic (exact) mass is 379 g/mol. The maximum absolute atomic E-state index is 11.8. The molecule has 5 heteroatoms. The van der Waals surface area contributed by atoms with Crippen LogP contribution in [0, 0.1) is 14.4 Å². The molecule has 1 aromatic rings. The summed E-state index contributed by atoms with van der Waals surface area (Å²) in [6.07, 6.45) is 0.357. The Labute approximate surface area is 161 Å². The van der Waals surface area contributed by atoms with Crippen molar-refractivity contribution in [2.45, 2.75) is 38.9 Å². The molecule has 0 aliphatic carbocycles. The molecule has 1 saturated heterocycles. The van der Waals surface area contributed by atoms with E-state index in [4.69, 9.17) is 0 Å². The molecule has 1 aliphatic heterocycles. The fourth-order valence-electron chi connectivity index (χ4n) is 2.73. The standard InChI is InChI=1S/C16H23N2O.CH3.H2N.Y/c1-4-16(19)18-11-13(2)17(10-14(18)3)12-15-8-6-5-7-9-15;;;/h5-9,13-14H,1,4,10-12H2,2-3H3;1H3;1H2;/q3*-1;+3. The molecule has 1 fully saturated rings. The van der Waals surface area contributed by atoms with Crippen molar-refractivity contribution in [3.8, 4) is 0 Å². The molecule has 0 spiro atoms. The SMILES string of the molecule is [CH2-]CC(=O)N1CC(C)N(Cc2ccccc2)CC1C.[CH3-].[NH2-].[Y+3]. The number of piperazine rings is 1. The normalized spacial score (nSPS) is 21.1. The molecular weight excluding hydrogens is 351 g/mol. The quantitative estimate of drug-likeness (QED) is 0.755. The van der Waals surface area contributed by atoms with E-state index in [2.05, 4.69) is 49.9 Å². The minimum atomic E-state index is 0. The van der Waals surface area contributed by atoms with E-state index < -0.39 is 0 Å². The number of benzene rings is 1. The molecule has 1 heterocycles. The van der Waals surface area contributed by atoms with Gasteiger partial charge in [0.2, 0.25) is 0 Å². The minimum absolute atomic E-state index is 0. The van der Waals surface area contributed by atoms with Crippen molar-refractivity contribution in [3.05, 3.63) is 56.4 Å². The Morgan fingerprint density at radius 3 is 2.32 bits per heavy atom. The van der Waals surface area contributed by atoms with Gasteiger partial charge in [0.1, 0.15) is 0 Å². The van der Waals surface area contributed by atoms with Gasteiger partial charge in [0.25, 0.3) is 0 Å². The molecule has 0 saturated carbocycles. The first-order valence-electron chi connectivity index (χ1n) is 6.98. The molecule has 0 radical (unpaired) electrons. The number of nitrogens with two attached hydrogens (primary N) is 1. The van der Waals surface area contributed by atoms with Crippen LogP contribution in [0.1, 0.15) is 25.8 Å². The second-order valence-corrected chi connectivity index (χ2v) is 5.41. The summed E-state index contributed by atoms with van der Waals surface area (Å²) < 4.78 is 0. The molecule has 1 aromatic carbocycles. The summed E-state index contributed by atoms with van der Waals surface area (Å²) >= 11 is 0. The number of carbonyl (C=O) groups excluding carboxylic acids is 1. The smallest absolute Gasteiger partial charge is 0.693 e. The molecule has 2 N–H and O–H groups in total. The van der Waals surface area contributed by atoms with Crippen molar-refractivity contribution >= 4 is 5.91 Å². The van der Waals surface area contributed by atoms with Crippen LogP contribution in [-0.4, -0.2) is 40.9 Å². The Morgan fingerprint density at radius 2 is 1.77 bits per heavy atom. The van der Waals surface area contributed by atoms with Crippen molar-refractivity contribution in [2.75, 3.05) is 13.1 Å². The van der Waals surface area contributed by atoms with Crippen molar-refractivity contribution in [1.29, 1.82) is 0 Å². The minimum Gasteiger partial charge on any atom is -0.693 e. The Bertz CT molecular complexity index is 427. The fraction of sp³-hybridized carbons (Fsp3) is 0.471. The van der Waals surface area contributed by atoms with Gasteiger partial charge in [-0.2, -0.15) is 0 Å². The van der Waals surface area contributed by atoms with E-state index in [1.165, 1.54) is 5.56 Å². The number of amides is 1. The van der Waals surface area contributed by atoms with Gasteiger partial charge in [-0.1, -0.05) is 30.3 Å². The molecule has 22 heavy (non-hydrogen) atoms. The molecular formula is C17H28N3OY. The zero-order valence-corrected chi connectivity index (χ0v) is 16.9. The van der Waals surface area contributed by atoms with Crippen molar-refractivity contribution in [3.63, 3.8) is 0 Å². The van der Waals surface area contributed by atoms with Crippen LogP contribution in [0.3, 0.4) is 0 Å². The van der Waals surface area contributed by atoms with Gasteiger partial charge in [0, 0.05) is 31.7 Å². The second kappa shape index (κ2) is 11.3. The van der Waals surface area contributed by atoms with Gasteiger partial charge in [0.15, 0.2) is 5.91 Å². The Hall–Kier alpha value is -0.286. The van der Waals surface area contributed by atoms with Gasteiger partial charge >= 0.3 is 32.7 Å². The second-order valence-electron chi connectivity index (χ2n) is 5.41. The molecule has 120 valence electrons. The Morgan fingerprint density at radius 1 is 1.18 bits per heavy atom. The van der Waals surface area contributed by atoms with Crippen molar-refractivity contribution < 1.29 is 37.5 Å². The van der Waals surface area contributed by atoms with Crippen LogP contribution in [0.5, 0.6) is 0 Å². The number of carbonyl (C=O) groups is 1. The number of hydrogen-bond donors (Lipinski definition) is 0. The molecule has 1 aliphatic rings. The predicted molar refractivity (Wildman–Crippen MR) is 89.2 cm³/mol. The molecule has 0 aromatic heterocycles. The van der Waals surface area contributed by atoms with Crippen LogP contribution in [-0.2, 0) is 44.0 Å². The first kappa shape index (κ1) is 24.0. The van der Waals surface area contributed by atoms with E-state index in [0.29, 0.717) is 12.5 Å². The van der Waals surface area contributed by atoms with Gasteiger partial charge in [-0.3, -0.25) is 9.69 Å². The first-order valence-corrected chi connectivity index (χ1v) is 6.98. The summed E-state index contributed by atoms with van der Waals surface area (Å²) in [5.41, 5.74) is 1.33. The molecule has 2 rings (SSSR count). The molecule has 1 amide bonds. The predicted octanol–water partition coefficient (Wildman–Crippen LogP) is 3.50. The number of hydrogen-bond acceptors (Lipinski definition) is 2. The van der Waals surface area contributed by atoms with E-state index in [0.717, 1.165) is 19.6 Å². The summed E-state index contributed by atoms with van der Waals surface area (Å²) in [6.45, 7) is 10.7. The Balaban J connectivity index is 0. The van der Waals surface area contributed by atoms with E-state index in [-0.39, 0.29) is 58.2 Å². The maximum Gasteiger partial charge on any atom is 3.00 e. The van der Waals surface area contributed by atoms with E-state index >= 15 is 0 Å². The van der Waals surface area contributed by atoms with Crippen LogP contribution in [0.2, 0.25) is 0 Å². The average molecular weight is 379 g/mol. The molecule has 4 nitrogen and oxygen atoms in total. The number of nitrogens with zero attached hydrogens (tertiary/aromatic N) is 2. The molecule has 2 unspecified atom stereocenters. The van der Waals surface area contributed by atoms with E-state index in [9.17, 15) is 4.79 Å². The summed E-state index contributed by atoms with van der Waals surface area (Å²) in [5, 5.41) is 0. The van der Waals surface area contributed by atoms with Gasteiger partial charge in [0.05, 0.1) is 0 Å². The zero-order valence-electron chi connectivity index (χ0n) is 14.0. The third-order valence-corrected chi connectivity index (χ3v) is 3.88. The van der Waals surface area contributed by atoms with Crippen LogP contribution < -0.4 is 0 Å². The molecule has 2 atom stereocenters. The van der Waals surface area contributed by atoms with Crippen LogP contribution in [0.4, 0.5) is 0 Å². The van der Waals surface area contributed by atoms with Gasteiger partial charge in [-0.15, -0.1) is 6.42 Å². The van der Waals surface area contributed by atoms with Crippen LogP contribution in [0.15, 0.2) is 30.3 Å². The third-order valence-electron chi connectivity index (χ3n) is 3.88. The first-order chi connectivity index (χ1) is 9.11. The summed E-state index contributed by atoms with van der Waals surface area (Å²) in [5.74, 6) is 0.165. The molecule has 0 bridgehead atoms. The third kappa shape index (κ3) is 6.07.